The highest BCUT2D eigenvalue weighted by Crippen LogP contribution is 2.35. The number of nitro groups is 1. The van der Waals surface area contributed by atoms with E-state index in [4.69, 9.17) is 9.84 Å². The first-order valence-corrected chi connectivity index (χ1v) is 7.97. The van der Waals surface area contributed by atoms with Crippen molar-refractivity contribution >= 4 is 29.2 Å². The first-order chi connectivity index (χ1) is 12.2. The minimum atomic E-state index is -1.16. The van der Waals surface area contributed by atoms with Crippen LogP contribution in [-0.2, 0) is 14.4 Å². The molecule has 1 aromatic rings. The number of amides is 2. The highest BCUT2D eigenvalue weighted by atomic mass is 16.6. The fraction of sp³-hybridized carbons (Fsp3) is 0.438. The zero-order valence-electron chi connectivity index (χ0n) is 14.4. The van der Waals surface area contributed by atoms with Crippen LogP contribution in [0.15, 0.2) is 18.2 Å². The van der Waals surface area contributed by atoms with E-state index in [0.717, 1.165) is 11.0 Å². The first-order valence-electron chi connectivity index (χ1n) is 7.97. The summed E-state index contributed by atoms with van der Waals surface area (Å²) < 4.78 is 5.24. The van der Waals surface area contributed by atoms with Crippen molar-refractivity contribution in [2.45, 2.75) is 26.3 Å². The zero-order chi connectivity index (χ0) is 19.4. The molecule has 1 aliphatic rings. The van der Waals surface area contributed by atoms with Crippen LogP contribution in [0, 0.1) is 10.1 Å². The summed E-state index contributed by atoms with van der Waals surface area (Å²) in [4.78, 5) is 48.5. The lowest BCUT2D eigenvalue weighted by molar-refractivity contribution is -0.384. The number of hydrogen-bond acceptors (Lipinski definition) is 6. The Morgan fingerprint density at radius 2 is 2.15 bits per heavy atom. The third-order valence-corrected chi connectivity index (χ3v) is 4.14. The lowest BCUT2D eigenvalue weighted by Crippen LogP contribution is -2.50. The molecule has 1 atom stereocenters. The summed E-state index contributed by atoms with van der Waals surface area (Å²) in [6, 6.07) is 3.43. The predicted molar refractivity (Wildman–Crippen MR) is 90.0 cm³/mol. The van der Waals surface area contributed by atoms with Gasteiger partial charge in [0, 0.05) is 18.2 Å². The van der Waals surface area contributed by atoms with Gasteiger partial charge in [0.15, 0.2) is 6.61 Å². The summed E-state index contributed by atoms with van der Waals surface area (Å²) in [7, 11) is 0. The highest BCUT2D eigenvalue weighted by molar-refractivity contribution is 6.02. The topological polar surface area (TPSA) is 130 Å². The number of hydrogen-bond donors (Lipinski definition) is 1. The SMILES string of the molecule is CCC(C)N(CC(=O)O)C(=O)CN1C(=O)COc2ccc([N+](=O)[O-])cc21. The van der Waals surface area contributed by atoms with Crippen molar-refractivity contribution in [3.8, 4) is 5.75 Å². The second kappa shape index (κ2) is 7.81. The van der Waals surface area contributed by atoms with Gasteiger partial charge < -0.3 is 14.7 Å². The number of fused-ring (bicyclic) bond motifs is 1. The van der Waals surface area contributed by atoms with Crippen LogP contribution in [-0.4, -0.2) is 58.5 Å². The molecule has 10 nitrogen and oxygen atoms in total. The van der Waals surface area contributed by atoms with Crippen molar-refractivity contribution in [1.82, 2.24) is 4.90 Å². The Kier molecular flexibility index (Phi) is 5.75. The van der Waals surface area contributed by atoms with Gasteiger partial charge in [-0.2, -0.15) is 0 Å². The van der Waals surface area contributed by atoms with Gasteiger partial charge in [-0.05, 0) is 19.4 Å². The fourth-order valence-electron chi connectivity index (χ4n) is 2.56. The number of rotatable bonds is 7. The number of anilines is 1. The van der Waals surface area contributed by atoms with Crippen LogP contribution in [0.3, 0.4) is 0 Å². The summed E-state index contributed by atoms with van der Waals surface area (Å²) in [6.07, 6.45) is 0.540. The van der Waals surface area contributed by atoms with Gasteiger partial charge in [0.1, 0.15) is 18.8 Å². The summed E-state index contributed by atoms with van der Waals surface area (Å²) in [6.45, 7) is 2.30. The van der Waals surface area contributed by atoms with Gasteiger partial charge >= 0.3 is 5.97 Å². The van der Waals surface area contributed by atoms with Crippen molar-refractivity contribution in [2.24, 2.45) is 0 Å². The zero-order valence-corrected chi connectivity index (χ0v) is 14.4. The van der Waals surface area contributed by atoms with Crippen LogP contribution in [0.5, 0.6) is 5.75 Å². The molecule has 26 heavy (non-hydrogen) atoms. The maximum Gasteiger partial charge on any atom is 0.323 e. The Labute approximate surface area is 149 Å². The summed E-state index contributed by atoms with van der Waals surface area (Å²) in [5.41, 5.74) is -0.132. The van der Waals surface area contributed by atoms with Crippen LogP contribution < -0.4 is 9.64 Å². The molecule has 1 heterocycles. The molecule has 10 heteroatoms. The molecule has 1 N–H and O–H groups in total. The minimum absolute atomic E-state index is 0.114. The number of carbonyl (C=O) groups is 3. The number of carbonyl (C=O) groups excluding carboxylic acids is 2. The summed E-state index contributed by atoms with van der Waals surface area (Å²) in [5.74, 6) is -2.01. The van der Waals surface area contributed by atoms with Gasteiger partial charge in [-0.1, -0.05) is 6.92 Å². The maximum atomic E-state index is 12.6. The molecule has 1 unspecified atom stereocenters. The maximum absolute atomic E-state index is 12.6. The predicted octanol–water partition coefficient (Wildman–Crippen LogP) is 1.03. The molecule has 2 amide bonds. The molecule has 0 spiro atoms. The molecule has 0 fully saturated rings. The number of carboxylic acids is 1. The van der Waals surface area contributed by atoms with Crippen LogP contribution >= 0.6 is 0 Å². The Hall–Kier alpha value is -3.17. The molecule has 0 bridgehead atoms. The van der Waals surface area contributed by atoms with Gasteiger partial charge in [-0.15, -0.1) is 0 Å². The number of aliphatic carboxylic acids is 1. The molecule has 0 aromatic heterocycles. The Morgan fingerprint density at radius 1 is 1.46 bits per heavy atom. The second-order valence-electron chi connectivity index (χ2n) is 5.85. The van der Waals surface area contributed by atoms with Gasteiger partial charge in [-0.25, -0.2) is 0 Å². The van der Waals surface area contributed by atoms with Gasteiger partial charge in [0.2, 0.25) is 5.91 Å². The molecule has 140 valence electrons. The van der Waals surface area contributed by atoms with E-state index in [9.17, 15) is 24.5 Å². The van der Waals surface area contributed by atoms with Gasteiger partial charge in [-0.3, -0.25) is 29.4 Å². The number of nitro benzene ring substituents is 1. The van der Waals surface area contributed by atoms with Crippen LogP contribution in [0.1, 0.15) is 20.3 Å². The third kappa shape index (κ3) is 4.08. The van der Waals surface area contributed by atoms with E-state index in [1.165, 1.54) is 17.0 Å². The van der Waals surface area contributed by atoms with Gasteiger partial charge in [0.25, 0.3) is 11.6 Å². The standard InChI is InChI=1S/C16H19N3O7/c1-3-10(2)17(8-16(22)23)14(20)7-18-12-6-11(19(24)25)4-5-13(12)26-9-15(18)21/h4-6,10H,3,7-9H2,1-2H3,(H,22,23). The summed E-state index contributed by atoms with van der Waals surface area (Å²) in [5, 5.41) is 20.0. The molecule has 0 aliphatic carbocycles. The largest absolute Gasteiger partial charge is 0.482 e. The number of carboxylic acid groups (broad SMARTS) is 1. The molecule has 0 saturated heterocycles. The van der Waals surface area contributed by atoms with E-state index in [0.29, 0.717) is 6.42 Å². The number of non-ortho nitro benzene ring substituents is 1. The minimum Gasteiger partial charge on any atom is -0.482 e. The lowest BCUT2D eigenvalue weighted by Gasteiger charge is -2.32. The van der Waals surface area contributed by atoms with Crippen molar-refractivity contribution in [3.05, 3.63) is 28.3 Å². The third-order valence-electron chi connectivity index (χ3n) is 4.14. The average molecular weight is 365 g/mol. The van der Waals surface area contributed by atoms with E-state index in [2.05, 4.69) is 0 Å². The van der Waals surface area contributed by atoms with Gasteiger partial charge in [0.05, 0.1) is 10.6 Å². The first kappa shape index (κ1) is 19.2. The van der Waals surface area contributed by atoms with E-state index in [1.54, 1.807) is 6.92 Å². The molecule has 1 aromatic carbocycles. The molecule has 2 rings (SSSR count). The van der Waals surface area contributed by atoms with E-state index >= 15 is 0 Å². The van der Waals surface area contributed by atoms with Crippen molar-refractivity contribution in [3.63, 3.8) is 0 Å². The fourth-order valence-corrected chi connectivity index (χ4v) is 2.56. The number of ether oxygens (including phenoxy) is 1. The Bertz CT molecular complexity index is 749. The van der Waals surface area contributed by atoms with Crippen molar-refractivity contribution in [1.29, 1.82) is 0 Å². The van der Waals surface area contributed by atoms with Crippen LogP contribution in [0.25, 0.3) is 0 Å². The molecule has 0 saturated carbocycles. The normalized spacial score (nSPS) is 14.2. The molecular weight excluding hydrogens is 346 g/mol. The van der Waals surface area contributed by atoms with Crippen LogP contribution in [0.4, 0.5) is 11.4 Å². The van der Waals surface area contributed by atoms with E-state index < -0.39 is 35.8 Å². The smallest absolute Gasteiger partial charge is 0.323 e. The Morgan fingerprint density at radius 3 is 2.73 bits per heavy atom. The summed E-state index contributed by atoms with van der Waals surface area (Å²) >= 11 is 0. The average Bonchev–Trinajstić information content (AvgIpc) is 2.60. The molecule has 1 aliphatic heterocycles. The number of benzene rings is 1. The molecule has 0 radical (unpaired) electrons. The molecular formula is C16H19N3O7. The Balaban J connectivity index is 2.31. The van der Waals surface area contributed by atoms with E-state index in [1.807, 2.05) is 6.92 Å². The van der Waals surface area contributed by atoms with Crippen molar-refractivity contribution in [2.75, 3.05) is 24.6 Å². The highest BCUT2D eigenvalue weighted by Gasteiger charge is 2.31. The van der Waals surface area contributed by atoms with Crippen LogP contribution in [0.2, 0.25) is 0 Å². The second-order valence-corrected chi connectivity index (χ2v) is 5.85. The quantitative estimate of drug-likeness (QED) is 0.564. The monoisotopic (exact) mass is 365 g/mol. The van der Waals surface area contributed by atoms with Crippen molar-refractivity contribution < 1.29 is 29.2 Å². The van der Waals surface area contributed by atoms with E-state index in [-0.39, 0.29) is 29.8 Å². The lowest BCUT2D eigenvalue weighted by atomic mass is 10.2. The number of nitrogens with zero attached hydrogens (tertiary/aromatic N) is 3.